The zero-order valence-electron chi connectivity index (χ0n) is 14.9. The molecule has 3 aromatic rings. The number of anilines is 1. The summed E-state index contributed by atoms with van der Waals surface area (Å²) in [4.78, 5) is 3.60. The molecule has 1 N–H and O–H groups in total. The average Bonchev–Trinajstić information content (AvgIpc) is 2.91. The van der Waals surface area contributed by atoms with Gasteiger partial charge in [0.05, 0.1) is 17.0 Å². The maximum atomic E-state index is 13.0. The van der Waals surface area contributed by atoms with Crippen LogP contribution in [0.3, 0.4) is 0 Å². The SMILES string of the molecule is CC(C)Oc1cccc2c1c(NS(=O)(=O)c1cccnc1)nn2CC(F)(F)F. The molecule has 2 aromatic heterocycles. The summed E-state index contributed by atoms with van der Waals surface area (Å²) in [6.45, 7) is 2.13. The molecule has 28 heavy (non-hydrogen) atoms. The van der Waals surface area contributed by atoms with Crippen LogP contribution in [-0.2, 0) is 16.6 Å². The maximum Gasteiger partial charge on any atom is 0.408 e. The third-order valence-corrected chi connectivity index (χ3v) is 4.93. The first kappa shape index (κ1) is 19.9. The Bertz CT molecular complexity index is 1080. The fourth-order valence-electron chi connectivity index (χ4n) is 2.60. The Balaban J connectivity index is 2.15. The van der Waals surface area contributed by atoms with Gasteiger partial charge in [-0.3, -0.25) is 14.4 Å². The second-order valence-electron chi connectivity index (χ2n) is 6.23. The van der Waals surface area contributed by atoms with Gasteiger partial charge in [0, 0.05) is 12.4 Å². The molecule has 0 radical (unpaired) electrons. The zero-order valence-corrected chi connectivity index (χ0v) is 15.8. The number of aromatic nitrogens is 3. The van der Waals surface area contributed by atoms with Gasteiger partial charge in [-0.1, -0.05) is 6.07 Å². The number of benzene rings is 1. The smallest absolute Gasteiger partial charge is 0.408 e. The molecule has 0 saturated carbocycles. The van der Waals surface area contributed by atoms with Gasteiger partial charge in [-0.25, -0.2) is 8.42 Å². The predicted molar refractivity (Wildman–Crippen MR) is 96.6 cm³/mol. The van der Waals surface area contributed by atoms with Crippen molar-refractivity contribution in [2.75, 3.05) is 4.72 Å². The van der Waals surface area contributed by atoms with Crippen LogP contribution in [0.5, 0.6) is 5.75 Å². The number of hydrogen-bond donors (Lipinski definition) is 1. The molecule has 150 valence electrons. The van der Waals surface area contributed by atoms with Crippen molar-refractivity contribution < 1.29 is 26.3 Å². The van der Waals surface area contributed by atoms with E-state index in [-0.39, 0.29) is 33.5 Å². The van der Waals surface area contributed by atoms with Crippen molar-refractivity contribution >= 4 is 26.7 Å². The lowest BCUT2D eigenvalue weighted by atomic mass is 10.2. The molecule has 0 aliphatic carbocycles. The molecule has 0 bridgehead atoms. The highest BCUT2D eigenvalue weighted by Crippen LogP contribution is 2.35. The van der Waals surface area contributed by atoms with Crippen molar-refractivity contribution in [1.82, 2.24) is 14.8 Å². The Kier molecular flexibility index (Phi) is 5.20. The Morgan fingerprint density at radius 3 is 2.57 bits per heavy atom. The van der Waals surface area contributed by atoms with Crippen molar-refractivity contribution in [2.24, 2.45) is 0 Å². The van der Waals surface area contributed by atoms with E-state index in [9.17, 15) is 21.6 Å². The number of alkyl halides is 3. The fraction of sp³-hybridized carbons (Fsp3) is 0.294. The van der Waals surface area contributed by atoms with Gasteiger partial charge in [0.2, 0.25) is 0 Å². The van der Waals surface area contributed by atoms with Gasteiger partial charge >= 0.3 is 6.18 Å². The lowest BCUT2D eigenvalue weighted by Gasteiger charge is -2.12. The lowest BCUT2D eigenvalue weighted by molar-refractivity contribution is -0.141. The first-order chi connectivity index (χ1) is 13.1. The van der Waals surface area contributed by atoms with E-state index in [1.165, 1.54) is 30.5 Å². The number of fused-ring (bicyclic) bond motifs is 1. The molecule has 0 saturated heterocycles. The molecule has 7 nitrogen and oxygen atoms in total. The monoisotopic (exact) mass is 414 g/mol. The minimum atomic E-state index is -4.53. The van der Waals surface area contributed by atoms with E-state index in [2.05, 4.69) is 14.8 Å². The molecule has 0 spiro atoms. The van der Waals surface area contributed by atoms with Crippen molar-refractivity contribution in [3.63, 3.8) is 0 Å². The molecular weight excluding hydrogens is 397 g/mol. The molecule has 0 aliphatic heterocycles. The highest BCUT2D eigenvalue weighted by molar-refractivity contribution is 7.92. The summed E-state index contributed by atoms with van der Waals surface area (Å²) in [7, 11) is -4.11. The molecule has 0 amide bonds. The standard InChI is InChI=1S/C17H17F3N4O3S/c1-11(2)27-14-7-3-6-13-15(14)16(22-24(13)10-17(18,19)20)23-28(25,26)12-5-4-8-21-9-12/h3-9,11H,10H2,1-2H3,(H,22,23). The number of pyridine rings is 1. The lowest BCUT2D eigenvalue weighted by Crippen LogP contribution is -2.19. The van der Waals surface area contributed by atoms with Gasteiger partial charge < -0.3 is 4.74 Å². The minimum absolute atomic E-state index is 0.0966. The van der Waals surface area contributed by atoms with E-state index < -0.39 is 22.7 Å². The van der Waals surface area contributed by atoms with E-state index in [1.54, 1.807) is 19.9 Å². The molecule has 0 aliphatic rings. The predicted octanol–water partition coefficient (Wildman–Crippen LogP) is 3.58. The number of nitrogens with one attached hydrogen (secondary N) is 1. The fourth-order valence-corrected chi connectivity index (χ4v) is 3.58. The van der Waals surface area contributed by atoms with E-state index in [1.807, 2.05) is 0 Å². The quantitative estimate of drug-likeness (QED) is 0.666. The average molecular weight is 414 g/mol. The summed E-state index contributed by atoms with van der Waals surface area (Å²) in [5.41, 5.74) is 0.0966. The van der Waals surface area contributed by atoms with Crippen LogP contribution in [0.2, 0.25) is 0 Å². The van der Waals surface area contributed by atoms with Crippen LogP contribution >= 0.6 is 0 Å². The normalized spacial score (nSPS) is 12.5. The number of ether oxygens (including phenoxy) is 1. The summed E-state index contributed by atoms with van der Waals surface area (Å²) in [5, 5.41) is 4.01. The van der Waals surface area contributed by atoms with Crippen LogP contribution in [0.4, 0.5) is 19.0 Å². The highest BCUT2D eigenvalue weighted by Gasteiger charge is 2.31. The van der Waals surface area contributed by atoms with Crippen molar-refractivity contribution in [1.29, 1.82) is 0 Å². The van der Waals surface area contributed by atoms with Crippen LogP contribution in [0.25, 0.3) is 10.9 Å². The van der Waals surface area contributed by atoms with Crippen molar-refractivity contribution in [3.05, 3.63) is 42.7 Å². The van der Waals surface area contributed by atoms with E-state index >= 15 is 0 Å². The Morgan fingerprint density at radius 2 is 1.96 bits per heavy atom. The van der Waals surface area contributed by atoms with Crippen LogP contribution in [-0.4, -0.2) is 35.5 Å². The highest BCUT2D eigenvalue weighted by atomic mass is 32.2. The summed E-state index contributed by atoms with van der Waals surface area (Å²) >= 11 is 0. The van der Waals surface area contributed by atoms with Crippen LogP contribution in [0, 0.1) is 0 Å². The topological polar surface area (TPSA) is 86.1 Å². The summed E-state index contributed by atoms with van der Waals surface area (Å²) < 4.78 is 72.7. The first-order valence-corrected chi connectivity index (χ1v) is 9.71. The molecule has 11 heteroatoms. The van der Waals surface area contributed by atoms with Crippen LogP contribution < -0.4 is 9.46 Å². The van der Waals surface area contributed by atoms with Gasteiger partial charge in [0.1, 0.15) is 17.2 Å². The third-order valence-electron chi connectivity index (χ3n) is 3.61. The Hall–Kier alpha value is -2.82. The van der Waals surface area contributed by atoms with Gasteiger partial charge in [0.25, 0.3) is 10.0 Å². The molecule has 2 heterocycles. The Labute approximate surface area is 159 Å². The number of hydrogen-bond acceptors (Lipinski definition) is 5. The minimum Gasteiger partial charge on any atom is -0.490 e. The third kappa shape index (κ3) is 4.35. The van der Waals surface area contributed by atoms with Gasteiger partial charge in [-0.2, -0.15) is 18.3 Å². The van der Waals surface area contributed by atoms with E-state index in [0.717, 1.165) is 6.20 Å². The number of halogens is 3. The van der Waals surface area contributed by atoms with E-state index in [4.69, 9.17) is 4.74 Å². The van der Waals surface area contributed by atoms with Crippen molar-refractivity contribution in [2.45, 2.75) is 37.6 Å². The summed E-state index contributed by atoms with van der Waals surface area (Å²) in [5.74, 6) is -0.0239. The maximum absolute atomic E-state index is 13.0. The molecule has 1 aromatic carbocycles. The van der Waals surface area contributed by atoms with Gasteiger partial charge in [-0.05, 0) is 38.1 Å². The number of nitrogens with zero attached hydrogens (tertiary/aromatic N) is 3. The first-order valence-electron chi connectivity index (χ1n) is 8.22. The zero-order chi connectivity index (χ0) is 20.5. The largest absolute Gasteiger partial charge is 0.490 e. The van der Waals surface area contributed by atoms with Crippen molar-refractivity contribution in [3.8, 4) is 5.75 Å². The molecule has 0 fully saturated rings. The van der Waals surface area contributed by atoms with E-state index in [0.29, 0.717) is 4.68 Å². The number of sulfonamides is 1. The molecule has 3 rings (SSSR count). The second-order valence-corrected chi connectivity index (χ2v) is 7.91. The molecule has 0 atom stereocenters. The Morgan fingerprint density at radius 1 is 1.21 bits per heavy atom. The van der Waals surface area contributed by atoms with Crippen LogP contribution in [0.15, 0.2) is 47.6 Å². The van der Waals surface area contributed by atoms with Gasteiger partial charge in [-0.15, -0.1) is 0 Å². The summed E-state index contributed by atoms with van der Waals surface area (Å²) in [6.07, 6.45) is -2.28. The van der Waals surface area contributed by atoms with Crippen LogP contribution in [0.1, 0.15) is 13.8 Å². The second kappa shape index (κ2) is 7.30. The molecular formula is C17H17F3N4O3S. The van der Waals surface area contributed by atoms with Gasteiger partial charge in [0.15, 0.2) is 5.82 Å². The number of rotatable bonds is 6. The summed E-state index contributed by atoms with van der Waals surface area (Å²) in [6, 6.07) is 7.24. The molecule has 0 unspecified atom stereocenters.